The molecule has 0 spiro atoms. The molecule has 4 aromatic carbocycles. The Morgan fingerprint density at radius 2 is 0.561 bits per heavy atom. The first kappa shape index (κ1) is 37.7. The first-order valence-electron chi connectivity index (χ1n) is 13.0. The summed E-state index contributed by atoms with van der Waals surface area (Å²) in [6, 6.07) is 34.7. The van der Waals surface area contributed by atoms with Crippen molar-refractivity contribution in [2.75, 3.05) is 40.0 Å². The third-order valence-corrected chi connectivity index (χ3v) is 4.31. The molecule has 3 heteroatoms. The quantitative estimate of drug-likeness (QED) is 0.126. The summed E-state index contributed by atoms with van der Waals surface area (Å²) in [5.41, 5.74) is 5.44. The predicted molar refractivity (Wildman–Crippen MR) is 182 cm³/mol. The van der Waals surface area contributed by atoms with Crippen LogP contribution < -0.4 is 0 Å². The Morgan fingerprint density at radius 1 is 0.366 bits per heavy atom. The summed E-state index contributed by atoms with van der Waals surface area (Å²) in [6.45, 7) is 13.6. The van der Waals surface area contributed by atoms with Gasteiger partial charge in [0.05, 0.1) is 0 Å². The van der Waals surface area contributed by atoms with Crippen molar-refractivity contribution < 1.29 is 21.1 Å². The Morgan fingerprint density at radius 3 is 0.780 bits per heavy atom. The van der Waals surface area contributed by atoms with Crippen LogP contribution in [0, 0.1) is 48.4 Å². The second kappa shape index (κ2) is 23.4. The van der Waals surface area contributed by atoms with E-state index in [9.17, 15) is 0 Å². The molecule has 0 saturated carbocycles. The molecule has 0 fully saturated rings. The zero-order valence-corrected chi connectivity index (χ0v) is 29.0. The van der Waals surface area contributed by atoms with Gasteiger partial charge in [0.25, 0.3) is 0 Å². The molecule has 0 N–H and O–H groups in total. The van der Waals surface area contributed by atoms with E-state index >= 15 is 0 Å². The van der Waals surface area contributed by atoms with Gasteiger partial charge >= 0.3 is 0 Å². The van der Waals surface area contributed by atoms with Crippen molar-refractivity contribution in [1.82, 2.24) is 0 Å². The van der Waals surface area contributed by atoms with E-state index in [0.29, 0.717) is 0 Å². The third-order valence-electron chi connectivity index (χ3n) is 4.31. The molecule has 0 saturated heterocycles. The van der Waals surface area contributed by atoms with Crippen LogP contribution >= 0.6 is 15.8 Å². The van der Waals surface area contributed by atoms with Gasteiger partial charge in [0.2, 0.25) is 0 Å². The molecule has 0 aromatic heterocycles. The summed E-state index contributed by atoms with van der Waals surface area (Å²) in [5.74, 6) is 17.0. The van der Waals surface area contributed by atoms with E-state index in [-0.39, 0.29) is 36.9 Å². The predicted octanol–water partition coefficient (Wildman–Crippen LogP) is 8.23. The van der Waals surface area contributed by atoms with Crippen molar-refractivity contribution in [3.63, 3.8) is 0 Å². The first-order valence-corrected chi connectivity index (χ1v) is 19.0. The Hall–Kier alpha value is -3.33. The zero-order valence-electron chi connectivity index (χ0n) is 24.7. The average Bonchev–Trinajstić information content (AvgIpc) is 2.96. The van der Waals surface area contributed by atoms with Gasteiger partial charge < -0.3 is 0 Å². The smallest absolute Gasteiger partial charge is 0.0461 e. The molecular weight excluding hydrogens is 713 g/mol. The topological polar surface area (TPSA) is 0 Å². The molecule has 0 aliphatic heterocycles. The summed E-state index contributed by atoms with van der Waals surface area (Å²) in [5, 5.41) is 0. The Balaban J connectivity index is 0.000000609. The summed E-state index contributed by atoms with van der Waals surface area (Å²) >= 11 is 0. The number of benzene rings is 4. The largest absolute Gasteiger partial charge is 0.0622 e. The molecule has 41 heavy (non-hydrogen) atoms. The van der Waals surface area contributed by atoms with Crippen molar-refractivity contribution in [2.45, 2.75) is 0 Å². The van der Waals surface area contributed by atoms with Crippen LogP contribution in [0.1, 0.15) is 33.4 Å². The molecule has 4 rings (SSSR count). The van der Waals surface area contributed by atoms with E-state index in [1.165, 1.54) is 0 Å². The first-order chi connectivity index (χ1) is 19.2. The number of hydrogen-bond donors (Lipinski definition) is 0. The summed E-state index contributed by atoms with van der Waals surface area (Å²) in [7, 11) is 0.241. The van der Waals surface area contributed by atoms with Gasteiger partial charge in [-0.15, -0.1) is 0 Å². The van der Waals surface area contributed by atoms with Crippen molar-refractivity contribution in [3.8, 4) is 35.5 Å². The summed E-state index contributed by atoms with van der Waals surface area (Å²) < 4.78 is 0. The van der Waals surface area contributed by atoms with Crippen LogP contribution in [0.3, 0.4) is 0 Å². The molecule has 4 aromatic rings. The fourth-order valence-corrected chi connectivity index (χ4v) is 2.61. The van der Waals surface area contributed by atoms with Crippen molar-refractivity contribution in [3.05, 3.63) is 155 Å². The standard InChI is InChI=1S/2C16H9.2C3H9P.Pt/c2*1-2-14-8-10-16(11-9-14)13-12-15-6-4-3-5-7-15;2*1-4(2)3;/h2*3-11H;2*1-3H3;/p+2. The maximum atomic E-state index is 6.96. The van der Waals surface area contributed by atoms with E-state index in [2.05, 4.69) is 75.5 Å². The minimum Gasteiger partial charge on any atom is -0.0622 e. The maximum Gasteiger partial charge on any atom is 0.0461 e. The van der Waals surface area contributed by atoms with Gasteiger partial charge in [0.15, 0.2) is 0 Å². The number of rotatable bonds is 0. The second-order valence-electron chi connectivity index (χ2n) is 9.64. The normalized spacial score (nSPS) is 8.54. The van der Waals surface area contributed by atoms with E-state index in [1.54, 1.807) is 0 Å². The zero-order chi connectivity index (χ0) is 29.6. The third kappa shape index (κ3) is 20.2. The molecule has 0 nitrogen and oxygen atoms in total. The molecule has 2 radical (unpaired) electrons. The average molecular weight is 752 g/mol. The van der Waals surface area contributed by atoms with Gasteiger partial charge in [-0.05, 0) is 101 Å². The van der Waals surface area contributed by atoms with Crippen LogP contribution in [-0.2, 0) is 21.1 Å². The molecule has 0 unspecified atom stereocenters. The van der Waals surface area contributed by atoms with Crippen LogP contribution in [0.4, 0.5) is 0 Å². The van der Waals surface area contributed by atoms with Gasteiger partial charge in [-0.1, -0.05) is 71.9 Å². The molecule has 0 aliphatic rings. The summed E-state index contributed by atoms with van der Waals surface area (Å²) in [6.07, 6.45) is 13.9. The van der Waals surface area contributed by atoms with Gasteiger partial charge in [0.1, 0.15) is 0 Å². The van der Waals surface area contributed by atoms with Gasteiger partial charge in [-0.2, -0.15) is 0 Å². The van der Waals surface area contributed by atoms with Crippen LogP contribution in [0.2, 0.25) is 0 Å². The summed E-state index contributed by atoms with van der Waals surface area (Å²) in [4.78, 5) is 0. The van der Waals surface area contributed by atoms with E-state index in [1.807, 2.05) is 109 Å². The van der Waals surface area contributed by atoms with Gasteiger partial charge in [0, 0.05) is 94.4 Å². The van der Waals surface area contributed by atoms with Crippen LogP contribution in [-0.4, -0.2) is 40.0 Å². The fraction of sp³-hybridized carbons (Fsp3) is 0.158. The van der Waals surface area contributed by atoms with E-state index in [0.717, 1.165) is 33.4 Å². The minimum atomic E-state index is 0. The molecule has 0 atom stereocenters. The van der Waals surface area contributed by atoms with E-state index < -0.39 is 0 Å². The Bertz CT molecular complexity index is 1330. The Labute approximate surface area is 266 Å². The van der Waals surface area contributed by atoms with Crippen molar-refractivity contribution >= 4 is 15.8 Å². The Kier molecular flexibility index (Phi) is 21.5. The van der Waals surface area contributed by atoms with E-state index in [4.69, 9.17) is 12.8 Å². The number of hydrogen-bond acceptors (Lipinski definition) is 0. The van der Waals surface area contributed by atoms with Gasteiger partial charge in [-0.3, -0.25) is 0 Å². The van der Waals surface area contributed by atoms with Crippen LogP contribution in [0.25, 0.3) is 0 Å². The maximum absolute atomic E-state index is 6.96. The fourth-order valence-electron chi connectivity index (χ4n) is 2.61. The molecule has 0 aliphatic carbocycles. The minimum absolute atomic E-state index is 0. The molecule has 0 bridgehead atoms. The van der Waals surface area contributed by atoms with Gasteiger partial charge in [-0.25, -0.2) is 0 Å². The SMILES string of the molecule is C[PH+](C)C.C[PH+](C)C.[C]#Cc1ccc(C#Cc2ccccc2)cc1.[C]#Cc1ccc(C#Cc2ccccc2)cc1.[Pt]. The monoisotopic (exact) mass is 751 g/mol. The molecule has 0 amide bonds. The molecule has 0 heterocycles. The van der Waals surface area contributed by atoms with Crippen molar-refractivity contribution in [2.24, 2.45) is 0 Å². The van der Waals surface area contributed by atoms with Crippen LogP contribution in [0.15, 0.2) is 109 Å². The molecular formula is C38H38P2Pt+2. The second-order valence-corrected chi connectivity index (χ2v) is 15.6. The van der Waals surface area contributed by atoms with Crippen molar-refractivity contribution in [1.29, 1.82) is 0 Å². The van der Waals surface area contributed by atoms with Crippen LogP contribution in [0.5, 0.6) is 0 Å². The molecule has 208 valence electrons.